The lowest BCUT2D eigenvalue weighted by Gasteiger charge is -2.40. The van der Waals surface area contributed by atoms with E-state index in [0.717, 1.165) is 30.0 Å². The van der Waals surface area contributed by atoms with Gasteiger partial charge in [-0.25, -0.2) is 0 Å². The summed E-state index contributed by atoms with van der Waals surface area (Å²) in [5.41, 5.74) is 8.05. The highest BCUT2D eigenvalue weighted by Gasteiger charge is 2.32. The molecule has 0 radical (unpaired) electrons. The number of hydrogen-bond acceptors (Lipinski definition) is 4. The zero-order chi connectivity index (χ0) is 14.5. The third kappa shape index (κ3) is 2.26. The molecule has 2 heterocycles. The molecule has 1 amide bonds. The predicted octanol–water partition coefficient (Wildman–Crippen LogP) is 1.91. The Bertz CT molecular complexity index is 574. The van der Waals surface area contributed by atoms with Gasteiger partial charge in [0.15, 0.2) is 0 Å². The molecule has 108 valence electrons. The Morgan fingerprint density at radius 2 is 2.25 bits per heavy atom. The highest BCUT2D eigenvalue weighted by atomic mass is 35.5. The maximum absolute atomic E-state index is 11.6. The van der Waals surface area contributed by atoms with E-state index in [2.05, 4.69) is 24.1 Å². The van der Waals surface area contributed by atoms with Crippen LogP contribution in [0.3, 0.4) is 0 Å². The Hall–Kier alpha value is -1.30. The van der Waals surface area contributed by atoms with E-state index in [4.69, 9.17) is 22.1 Å². The molecule has 3 N–H and O–H groups in total. The van der Waals surface area contributed by atoms with Crippen LogP contribution in [0.5, 0.6) is 0 Å². The summed E-state index contributed by atoms with van der Waals surface area (Å²) in [6.45, 7) is 6.30. The van der Waals surface area contributed by atoms with Gasteiger partial charge in [-0.3, -0.25) is 4.79 Å². The van der Waals surface area contributed by atoms with Crippen molar-refractivity contribution in [2.75, 3.05) is 29.9 Å². The lowest BCUT2D eigenvalue weighted by atomic mass is 10.0. The van der Waals surface area contributed by atoms with Crippen molar-refractivity contribution in [3.05, 3.63) is 22.7 Å². The maximum Gasteiger partial charge on any atom is 0.245 e. The molecule has 5 nitrogen and oxygen atoms in total. The van der Waals surface area contributed by atoms with Gasteiger partial charge in [-0.2, -0.15) is 0 Å². The monoisotopic (exact) mass is 295 g/mol. The Kier molecular flexibility index (Phi) is 3.16. The Morgan fingerprint density at radius 3 is 2.95 bits per heavy atom. The first-order chi connectivity index (χ1) is 9.37. The van der Waals surface area contributed by atoms with Crippen LogP contribution in [0.25, 0.3) is 0 Å². The van der Waals surface area contributed by atoms with Crippen LogP contribution in [0.4, 0.5) is 11.4 Å². The number of ether oxygens (including phenoxy) is 1. The number of carbonyl (C=O) groups is 1. The smallest absolute Gasteiger partial charge is 0.245 e. The number of nitrogens with zero attached hydrogens (tertiary/aromatic N) is 1. The molecule has 1 unspecified atom stereocenters. The zero-order valence-electron chi connectivity index (χ0n) is 11.6. The van der Waals surface area contributed by atoms with Crippen LogP contribution in [0, 0.1) is 0 Å². The van der Waals surface area contributed by atoms with Gasteiger partial charge < -0.3 is 20.7 Å². The van der Waals surface area contributed by atoms with E-state index in [-0.39, 0.29) is 11.5 Å². The first-order valence-corrected chi connectivity index (χ1v) is 7.04. The van der Waals surface area contributed by atoms with Crippen molar-refractivity contribution in [1.82, 2.24) is 0 Å². The van der Waals surface area contributed by atoms with E-state index in [1.165, 1.54) is 0 Å². The van der Waals surface area contributed by atoms with E-state index in [9.17, 15) is 4.79 Å². The number of amides is 1. The summed E-state index contributed by atoms with van der Waals surface area (Å²) in [5, 5.41) is 3.41. The van der Waals surface area contributed by atoms with Crippen LogP contribution >= 0.6 is 11.6 Å². The van der Waals surface area contributed by atoms with E-state index < -0.39 is 6.04 Å². The van der Waals surface area contributed by atoms with Gasteiger partial charge in [-0.05, 0) is 26.0 Å². The number of fused-ring (bicyclic) bond motifs is 1. The van der Waals surface area contributed by atoms with Gasteiger partial charge in [0, 0.05) is 24.3 Å². The predicted molar refractivity (Wildman–Crippen MR) is 79.3 cm³/mol. The van der Waals surface area contributed by atoms with Gasteiger partial charge in [0.25, 0.3) is 0 Å². The first-order valence-electron chi connectivity index (χ1n) is 6.66. The second-order valence-corrected chi connectivity index (χ2v) is 6.29. The highest BCUT2D eigenvalue weighted by Crippen LogP contribution is 2.39. The van der Waals surface area contributed by atoms with Crippen LogP contribution in [-0.2, 0) is 9.53 Å². The molecular weight excluding hydrogens is 278 g/mol. The largest absolute Gasteiger partial charge is 0.372 e. The molecule has 1 saturated heterocycles. The average molecular weight is 296 g/mol. The number of halogens is 1. The second kappa shape index (κ2) is 4.62. The Balaban J connectivity index is 1.96. The lowest BCUT2D eigenvalue weighted by Crippen LogP contribution is -2.48. The van der Waals surface area contributed by atoms with Crippen molar-refractivity contribution in [3.8, 4) is 0 Å². The summed E-state index contributed by atoms with van der Waals surface area (Å²) in [6, 6.07) is 3.07. The number of hydrogen-bond donors (Lipinski definition) is 2. The lowest BCUT2D eigenvalue weighted by molar-refractivity contribution is -0.116. The van der Waals surface area contributed by atoms with Crippen molar-refractivity contribution < 1.29 is 9.53 Å². The van der Waals surface area contributed by atoms with E-state index in [1.807, 2.05) is 6.07 Å². The Morgan fingerprint density at radius 1 is 1.50 bits per heavy atom. The molecular formula is C14H18ClN3O2. The fraction of sp³-hybridized carbons (Fsp3) is 0.500. The van der Waals surface area contributed by atoms with E-state index in [0.29, 0.717) is 11.6 Å². The van der Waals surface area contributed by atoms with E-state index in [1.54, 1.807) is 6.07 Å². The van der Waals surface area contributed by atoms with Crippen LogP contribution in [0.15, 0.2) is 12.1 Å². The molecule has 1 fully saturated rings. The van der Waals surface area contributed by atoms with Crippen molar-refractivity contribution in [3.63, 3.8) is 0 Å². The number of carbonyl (C=O) groups excluding carboxylic acids is 1. The van der Waals surface area contributed by atoms with Crippen LogP contribution in [0.1, 0.15) is 25.5 Å². The number of anilines is 2. The summed E-state index contributed by atoms with van der Waals surface area (Å²) in [7, 11) is 0. The summed E-state index contributed by atoms with van der Waals surface area (Å²) in [6.07, 6.45) is 0. The SMILES string of the molecule is CC1(C)CN(c2cc3c(cc2Cl)C(N)C(=O)N3)CCO1. The summed E-state index contributed by atoms with van der Waals surface area (Å²) in [4.78, 5) is 13.8. The molecule has 6 heteroatoms. The molecule has 0 aromatic heterocycles. The quantitative estimate of drug-likeness (QED) is 0.830. The Labute approximate surface area is 123 Å². The van der Waals surface area contributed by atoms with Gasteiger partial charge in [0.1, 0.15) is 6.04 Å². The maximum atomic E-state index is 11.6. The molecule has 1 aromatic carbocycles. The fourth-order valence-electron chi connectivity index (χ4n) is 2.76. The third-order valence-electron chi connectivity index (χ3n) is 3.76. The van der Waals surface area contributed by atoms with Gasteiger partial charge in [-0.15, -0.1) is 0 Å². The second-order valence-electron chi connectivity index (χ2n) is 5.89. The normalized spacial score (nSPS) is 24.5. The molecule has 1 aromatic rings. The minimum absolute atomic E-state index is 0.185. The molecule has 2 aliphatic rings. The molecule has 0 bridgehead atoms. The number of morpholine rings is 1. The van der Waals surface area contributed by atoms with Gasteiger partial charge in [0.2, 0.25) is 5.91 Å². The summed E-state index contributed by atoms with van der Waals surface area (Å²) in [5.74, 6) is -0.185. The zero-order valence-corrected chi connectivity index (χ0v) is 12.3. The summed E-state index contributed by atoms with van der Waals surface area (Å²) >= 11 is 6.37. The van der Waals surface area contributed by atoms with Gasteiger partial charge in [0.05, 0.1) is 22.9 Å². The fourth-order valence-corrected chi connectivity index (χ4v) is 3.05. The van der Waals surface area contributed by atoms with Crippen molar-refractivity contribution in [1.29, 1.82) is 0 Å². The standard InChI is InChI=1S/C14H18ClN3O2/c1-14(2)7-18(3-4-20-14)11-6-10-8(5-9(11)15)12(16)13(19)17-10/h5-6,12H,3-4,7,16H2,1-2H3,(H,17,19). The molecule has 0 aliphatic carbocycles. The van der Waals surface area contributed by atoms with Gasteiger partial charge in [-0.1, -0.05) is 11.6 Å². The highest BCUT2D eigenvalue weighted by molar-refractivity contribution is 6.33. The number of nitrogens with two attached hydrogens (primary N) is 1. The number of benzene rings is 1. The molecule has 1 atom stereocenters. The van der Waals surface area contributed by atoms with Crippen molar-refractivity contribution >= 4 is 28.9 Å². The molecule has 2 aliphatic heterocycles. The number of rotatable bonds is 1. The van der Waals surface area contributed by atoms with Crippen LogP contribution in [-0.4, -0.2) is 31.2 Å². The molecule has 0 saturated carbocycles. The molecule has 0 spiro atoms. The van der Waals surface area contributed by atoms with Crippen molar-refractivity contribution in [2.24, 2.45) is 5.73 Å². The summed E-state index contributed by atoms with van der Waals surface area (Å²) < 4.78 is 5.71. The van der Waals surface area contributed by atoms with E-state index >= 15 is 0 Å². The third-order valence-corrected chi connectivity index (χ3v) is 4.06. The van der Waals surface area contributed by atoms with Gasteiger partial charge >= 0.3 is 0 Å². The number of nitrogens with one attached hydrogen (secondary N) is 1. The minimum Gasteiger partial charge on any atom is -0.372 e. The topological polar surface area (TPSA) is 67.6 Å². The molecule has 20 heavy (non-hydrogen) atoms. The average Bonchev–Trinajstić information content (AvgIpc) is 2.63. The van der Waals surface area contributed by atoms with Crippen LogP contribution < -0.4 is 16.0 Å². The minimum atomic E-state index is -0.627. The first kappa shape index (κ1) is 13.7. The van der Waals surface area contributed by atoms with Crippen LogP contribution in [0.2, 0.25) is 5.02 Å². The van der Waals surface area contributed by atoms with Crippen molar-refractivity contribution in [2.45, 2.75) is 25.5 Å². The molecule has 3 rings (SSSR count).